The van der Waals surface area contributed by atoms with Gasteiger partial charge in [0.15, 0.2) is 16.3 Å². The highest BCUT2D eigenvalue weighted by atomic mass is 79.9. The summed E-state index contributed by atoms with van der Waals surface area (Å²) in [6.07, 6.45) is 1.71. The van der Waals surface area contributed by atoms with Gasteiger partial charge in [-0.05, 0) is 62.2 Å². The first kappa shape index (κ1) is 30.9. The van der Waals surface area contributed by atoms with E-state index in [0.717, 1.165) is 11.1 Å². The van der Waals surface area contributed by atoms with Crippen LogP contribution >= 0.6 is 27.3 Å². The molecule has 0 aliphatic carbocycles. The summed E-state index contributed by atoms with van der Waals surface area (Å²) in [6.45, 7) is 5.74. The number of carbonyl (C=O) groups is 1. The molecule has 10 nitrogen and oxygen atoms in total. The molecule has 1 atom stereocenters. The Morgan fingerprint density at radius 2 is 1.84 bits per heavy atom. The molecule has 0 saturated heterocycles. The largest absolute Gasteiger partial charge is 0.493 e. The molecule has 5 rings (SSSR count). The van der Waals surface area contributed by atoms with Crippen molar-refractivity contribution in [1.29, 1.82) is 0 Å². The Morgan fingerprint density at radius 3 is 2.48 bits per heavy atom. The van der Waals surface area contributed by atoms with Crippen LogP contribution in [0.1, 0.15) is 42.1 Å². The number of halogens is 1. The maximum absolute atomic E-state index is 14.1. The van der Waals surface area contributed by atoms with Crippen molar-refractivity contribution < 1.29 is 23.9 Å². The summed E-state index contributed by atoms with van der Waals surface area (Å²) in [7, 11) is 1.51. The minimum absolute atomic E-state index is 0.0173. The van der Waals surface area contributed by atoms with E-state index in [9.17, 15) is 19.7 Å². The Balaban J connectivity index is 1.62. The summed E-state index contributed by atoms with van der Waals surface area (Å²) in [5, 5.41) is 11.0. The van der Waals surface area contributed by atoms with Gasteiger partial charge in [0.1, 0.15) is 6.61 Å². The molecule has 4 aromatic rings. The molecule has 0 fully saturated rings. The third-order valence-corrected chi connectivity index (χ3v) is 8.44. The van der Waals surface area contributed by atoms with Gasteiger partial charge in [-0.3, -0.25) is 19.5 Å². The van der Waals surface area contributed by atoms with Crippen molar-refractivity contribution in [3.63, 3.8) is 0 Å². The second kappa shape index (κ2) is 13.0. The predicted molar refractivity (Wildman–Crippen MR) is 170 cm³/mol. The number of nitro groups is 1. The van der Waals surface area contributed by atoms with Crippen LogP contribution in [-0.4, -0.2) is 29.2 Å². The molecule has 1 aliphatic rings. The number of allylic oxidation sites excluding steroid dienone is 1. The molecular weight excluding hydrogens is 650 g/mol. The minimum atomic E-state index is -0.719. The summed E-state index contributed by atoms with van der Waals surface area (Å²) in [4.78, 5) is 42.9. The van der Waals surface area contributed by atoms with Gasteiger partial charge < -0.3 is 14.2 Å². The third-order valence-electron chi connectivity index (χ3n) is 7.00. The molecule has 0 bridgehead atoms. The van der Waals surface area contributed by atoms with Crippen molar-refractivity contribution in [2.24, 2.45) is 4.99 Å². The summed E-state index contributed by atoms with van der Waals surface area (Å²) < 4.78 is 19.7. The lowest BCUT2D eigenvalue weighted by molar-refractivity contribution is -0.384. The number of carbonyl (C=O) groups excluding carboxylic acids is 1. The summed E-state index contributed by atoms with van der Waals surface area (Å²) in [5.41, 5.74) is 3.54. The number of thiazole rings is 1. The number of hydrogen-bond donors (Lipinski definition) is 0. The maximum Gasteiger partial charge on any atom is 0.338 e. The van der Waals surface area contributed by atoms with Crippen molar-refractivity contribution in [3.8, 4) is 11.5 Å². The molecule has 1 aliphatic heterocycles. The SMILES string of the molecule is CCOC(=O)C1=C(C)N=c2s/c(=C\c3cc(Br)cc(OC)c3OCc3ccc([N+](=O)[O-])cc3)c(=O)n2[C@@H]1c1ccc(C)cc1. The van der Waals surface area contributed by atoms with Crippen molar-refractivity contribution in [1.82, 2.24) is 4.57 Å². The van der Waals surface area contributed by atoms with E-state index in [1.165, 1.54) is 35.1 Å². The first-order chi connectivity index (χ1) is 21.1. The number of rotatable bonds is 9. The highest BCUT2D eigenvalue weighted by Crippen LogP contribution is 2.36. The molecule has 0 saturated carbocycles. The van der Waals surface area contributed by atoms with E-state index >= 15 is 0 Å². The van der Waals surface area contributed by atoms with Crippen LogP contribution in [0.5, 0.6) is 11.5 Å². The Morgan fingerprint density at radius 1 is 1.14 bits per heavy atom. The van der Waals surface area contributed by atoms with E-state index in [-0.39, 0.29) is 24.5 Å². The fourth-order valence-electron chi connectivity index (χ4n) is 4.87. The normalized spacial score (nSPS) is 14.6. The number of hydrogen-bond acceptors (Lipinski definition) is 9. The molecule has 0 spiro atoms. The van der Waals surface area contributed by atoms with E-state index in [1.54, 1.807) is 44.2 Å². The second-order valence-corrected chi connectivity index (χ2v) is 11.9. The molecule has 1 aromatic heterocycles. The lowest BCUT2D eigenvalue weighted by Crippen LogP contribution is -2.39. The topological polar surface area (TPSA) is 122 Å². The van der Waals surface area contributed by atoms with E-state index in [2.05, 4.69) is 20.9 Å². The average molecular weight is 679 g/mol. The van der Waals surface area contributed by atoms with Crippen molar-refractivity contribution in [2.75, 3.05) is 13.7 Å². The van der Waals surface area contributed by atoms with Crippen molar-refractivity contribution in [2.45, 2.75) is 33.4 Å². The zero-order chi connectivity index (χ0) is 31.5. The highest BCUT2D eigenvalue weighted by molar-refractivity contribution is 9.10. The number of non-ortho nitro benzene ring substituents is 1. The van der Waals surface area contributed by atoms with Gasteiger partial charge in [-0.1, -0.05) is 57.1 Å². The molecule has 0 radical (unpaired) electrons. The van der Waals surface area contributed by atoms with E-state index < -0.39 is 16.9 Å². The lowest BCUT2D eigenvalue weighted by atomic mass is 9.95. The molecule has 0 unspecified atom stereocenters. The van der Waals surface area contributed by atoms with Gasteiger partial charge in [0.25, 0.3) is 11.2 Å². The number of fused-ring (bicyclic) bond motifs is 1. The van der Waals surface area contributed by atoms with Crippen molar-refractivity contribution >= 4 is 45.0 Å². The fourth-order valence-corrected chi connectivity index (χ4v) is 6.36. The monoisotopic (exact) mass is 677 g/mol. The number of nitrogens with zero attached hydrogens (tertiary/aromatic N) is 3. The number of methoxy groups -OCH3 is 1. The van der Waals surface area contributed by atoms with E-state index in [4.69, 9.17) is 14.2 Å². The molecule has 3 aromatic carbocycles. The van der Waals surface area contributed by atoms with Gasteiger partial charge in [-0.2, -0.15) is 0 Å². The van der Waals surface area contributed by atoms with Crippen LogP contribution in [-0.2, 0) is 16.1 Å². The minimum Gasteiger partial charge on any atom is -0.493 e. The Labute approximate surface area is 264 Å². The maximum atomic E-state index is 14.1. The van der Waals surface area contributed by atoms with Crippen molar-refractivity contribution in [3.05, 3.63) is 128 Å². The van der Waals surface area contributed by atoms with Gasteiger partial charge in [-0.25, -0.2) is 9.79 Å². The van der Waals surface area contributed by atoms with E-state index in [0.29, 0.717) is 47.7 Å². The first-order valence-corrected chi connectivity index (χ1v) is 15.2. The number of nitro benzene ring substituents is 1. The van der Waals surface area contributed by atoms with Crippen LogP contribution in [0.4, 0.5) is 5.69 Å². The van der Waals surface area contributed by atoms with Crippen LogP contribution in [0.2, 0.25) is 0 Å². The standard InChI is InChI=1S/C32H28BrN3O7S/c1-5-42-31(38)27-19(3)34-32-35(28(27)21-10-6-18(2)7-11-21)30(37)26(44-32)15-22-14-23(33)16-25(41-4)29(22)43-17-20-8-12-24(13-9-20)36(39)40/h6-16,28H,5,17H2,1-4H3/b26-15-/t28-/m1/s1. The summed E-state index contributed by atoms with van der Waals surface area (Å²) in [6, 6.07) is 16.6. The van der Waals surface area contributed by atoms with Gasteiger partial charge in [-0.15, -0.1) is 0 Å². The zero-order valence-corrected chi connectivity index (χ0v) is 26.7. The lowest BCUT2D eigenvalue weighted by Gasteiger charge is -2.24. The predicted octanol–water partition coefficient (Wildman–Crippen LogP) is 5.37. The zero-order valence-electron chi connectivity index (χ0n) is 24.3. The molecule has 0 N–H and O–H groups in total. The smallest absolute Gasteiger partial charge is 0.338 e. The Bertz CT molecular complexity index is 1960. The van der Waals surface area contributed by atoms with Crippen LogP contribution in [0.15, 0.2) is 86.2 Å². The summed E-state index contributed by atoms with van der Waals surface area (Å²) >= 11 is 4.71. The average Bonchev–Trinajstić information content (AvgIpc) is 3.30. The molecule has 12 heteroatoms. The second-order valence-electron chi connectivity index (χ2n) is 9.95. The Hall–Kier alpha value is -4.55. The fraction of sp³-hybridized carbons (Fsp3) is 0.219. The molecular formula is C32H28BrN3O7S. The number of ether oxygens (including phenoxy) is 3. The van der Waals surface area contributed by atoms with Crippen LogP contribution in [0.3, 0.4) is 0 Å². The number of aromatic nitrogens is 1. The van der Waals surface area contributed by atoms with Crippen LogP contribution < -0.4 is 24.4 Å². The van der Waals surface area contributed by atoms with E-state index in [1.807, 2.05) is 31.2 Å². The van der Waals surface area contributed by atoms with Gasteiger partial charge in [0.2, 0.25) is 0 Å². The Kier molecular flexibility index (Phi) is 9.12. The molecule has 2 heterocycles. The van der Waals surface area contributed by atoms with Crippen LogP contribution in [0.25, 0.3) is 6.08 Å². The quantitative estimate of drug-likeness (QED) is 0.133. The van der Waals surface area contributed by atoms with Gasteiger partial charge >= 0.3 is 5.97 Å². The summed E-state index contributed by atoms with van der Waals surface area (Å²) in [5.74, 6) is 0.295. The first-order valence-electron chi connectivity index (χ1n) is 13.6. The van der Waals surface area contributed by atoms with Gasteiger partial charge in [0, 0.05) is 22.2 Å². The molecule has 0 amide bonds. The third kappa shape index (κ3) is 6.22. The van der Waals surface area contributed by atoms with Gasteiger partial charge in [0.05, 0.1) is 40.5 Å². The van der Waals surface area contributed by atoms with Crippen LogP contribution in [0, 0.1) is 17.0 Å². The molecule has 44 heavy (non-hydrogen) atoms. The number of aryl methyl sites for hydroxylation is 1. The number of esters is 1. The highest BCUT2D eigenvalue weighted by Gasteiger charge is 2.33. The number of benzene rings is 3. The molecule has 226 valence electrons.